The zero-order valence-electron chi connectivity index (χ0n) is 13.6. The Labute approximate surface area is 132 Å². The number of rotatable bonds is 7. The highest BCUT2D eigenvalue weighted by atomic mass is 32.1. The summed E-state index contributed by atoms with van der Waals surface area (Å²) >= 11 is 1.73. The molecule has 0 saturated carbocycles. The number of nitrogens with zero attached hydrogens (tertiary/aromatic N) is 1. The number of carbonyl (C=O) groups excluding carboxylic acids is 1. The molecular formula is C17H28N2OS. The second kappa shape index (κ2) is 7.41. The summed E-state index contributed by atoms with van der Waals surface area (Å²) in [6, 6.07) is 4.46. The molecule has 0 radical (unpaired) electrons. The first-order valence-electron chi connectivity index (χ1n) is 8.16. The van der Waals surface area contributed by atoms with Gasteiger partial charge in [0.05, 0.1) is 6.04 Å². The quantitative estimate of drug-likeness (QED) is 0.820. The van der Waals surface area contributed by atoms with Crippen molar-refractivity contribution < 1.29 is 4.79 Å². The van der Waals surface area contributed by atoms with Gasteiger partial charge in [-0.1, -0.05) is 39.7 Å². The van der Waals surface area contributed by atoms with Crippen molar-refractivity contribution in [3.05, 3.63) is 22.4 Å². The molecule has 3 atom stereocenters. The van der Waals surface area contributed by atoms with Crippen molar-refractivity contribution in [1.29, 1.82) is 0 Å². The average molecular weight is 308 g/mol. The van der Waals surface area contributed by atoms with Crippen LogP contribution in [0.3, 0.4) is 0 Å². The maximum atomic E-state index is 12.6. The summed E-state index contributed by atoms with van der Waals surface area (Å²) in [5.41, 5.74) is 0. The highest BCUT2D eigenvalue weighted by Crippen LogP contribution is 2.32. The third kappa shape index (κ3) is 3.86. The normalized spacial score (nSPS) is 24.0. The molecule has 0 aliphatic carbocycles. The molecule has 0 bridgehead atoms. The number of nitrogens with one attached hydrogen (secondary N) is 1. The molecule has 1 fully saturated rings. The third-order valence-corrected chi connectivity index (χ3v) is 5.21. The Morgan fingerprint density at radius 1 is 1.33 bits per heavy atom. The minimum atomic E-state index is -0.0235. The summed E-state index contributed by atoms with van der Waals surface area (Å²) in [6.45, 7) is 8.79. The van der Waals surface area contributed by atoms with Crippen LogP contribution in [0.5, 0.6) is 0 Å². The van der Waals surface area contributed by atoms with Crippen molar-refractivity contribution in [3.8, 4) is 0 Å². The van der Waals surface area contributed by atoms with Gasteiger partial charge in [-0.2, -0.15) is 0 Å². The second-order valence-corrected chi connectivity index (χ2v) is 7.44. The zero-order valence-corrected chi connectivity index (χ0v) is 14.5. The van der Waals surface area contributed by atoms with Crippen LogP contribution in [0.4, 0.5) is 0 Å². The fourth-order valence-corrected chi connectivity index (χ4v) is 3.82. The Morgan fingerprint density at radius 3 is 2.67 bits per heavy atom. The molecule has 1 aromatic heterocycles. The first-order valence-corrected chi connectivity index (χ1v) is 9.04. The van der Waals surface area contributed by atoms with E-state index in [9.17, 15) is 4.79 Å². The molecule has 0 aromatic carbocycles. The van der Waals surface area contributed by atoms with E-state index in [1.165, 1.54) is 17.7 Å². The highest BCUT2D eigenvalue weighted by molar-refractivity contribution is 7.10. The summed E-state index contributed by atoms with van der Waals surface area (Å²) in [6.07, 6.45) is 4.44. The maximum Gasteiger partial charge on any atom is 0.241 e. The van der Waals surface area contributed by atoms with Crippen molar-refractivity contribution in [2.75, 3.05) is 0 Å². The standard InChI is InChI=1S/C17H28N2OS/c1-5-14-17(20)19(13(4)9-6-8-12(2)3)16(18-14)15-10-7-11-21-15/h7,10-14,16,18H,5-6,8-9H2,1-4H3. The molecule has 1 amide bonds. The van der Waals surface area contributed by atoms with Gasteiger partial charge in [-0.3, -0.25) is 10.1 Å². The lowest BCUT2D eigenvalue weighted by Crippen LogP contribution is -2.38. The van der Waals surface area contributed by atoms with Crippen molar-refractivity contribution in [1.82, 2.24) is 10.2 Å². The Balaban J connectivity index is 2.07. The minimum absolute atomic E-state index is 0.0235. The predicted molar refractivity (Wildman–Crippen MR) is 89.3 cm³/mol. The van der Waals surface area contributed by atoms with Gasteiger partial charge in [0.25, 0.3) is 0 Å². The molecule has 3 nitrogen and oxygen atoms in total. The van der Waals surface area contributed by atoms with Gasteiger partial charge in [0.1, 0.15) is 6.17 Å². The molecule has 1 aliphatic rings. The van der Waals surface area contributed by atoms with Gasteiger partial charge in [0.15, 0.2) is 0 Å². The molecule has 21 heavy (non-hydrogen) atoms. The average Bonchev–Trinajstić information content (AvgIpc) is 3.05. The zero-order chi connectivity index (χ0) is 15.4. The van der Waals surface area contributed by atoms with Crippen molar-refractivity contribution in [3.63, 3.8) is 0 Å². The summed E-state index contributed by atoms with van der Waals surface area (Å²) in [5, 5.41) is 5.60. The first-order chi connectivity index (χ1) is 10.0. The van der Waals surface area contributed by atoms with Gasteiger partial charge >= 0.3 is 0 Å². The number of hydrogen-bond donors (Lipinski definition) is 1. The van der Waals surface area contributed by atoms with Crippen LogP contribution in [0.15, 0.2) is 17.5 Å². The molecule has 0 spiro atoms. The van der Waals surface area contributed by atoms with E-state index in [0.717, 1.165) is 18.8 Å². The number of thiophene rings is 1. The van der Waals surface area contributed by atoms with E-state index in [0.29, 0.717) is 6.04 Å². The molecule has 1 aromatic rings. The monoisotopic (exact) mass is 308 g/mol. The van der Waals surface area contributed by atoms with Gasteiger partial charge < -0.3 is 4.90 Å². The molecular weight excluding hydrogens is 280 g/mol. The molecule has 2 rings (SSSR count). The summed E-state index contributed by atoms with van der Waals surface area (Å²) in [5.74, 6) is 1.01. The van der Waals surface area contributed by atoms with Gasteiger partial charge in [-0.25, -0.2) is 0 Å². The van der Waals surface area contributed by atoms with Gasteiger partial charge in [0, 0.05) is 10.9 Å². The highest BCUT2D eigenvalue weighted by Gasteiger charge is 2.41. The fourth-order valence-electron chi connectivity index (χ4n) is 3.04. The van der Waals surface area contributed by atoms with Crippen LogP contribution in [-0.4, -0.2) is 22.9 Å². The van der Waals surface area contributed by atoms with Gasteiger partial charge in [-0.05, 0) is 37.1 Å². The van der Waals surface area contributed by atoms with Gasteiger partial charge in [0.2, 0.25) is 5.91 Å². The SMILES string of the molecule is CCC1NC(c2cccs2)N(C(C)CCCC(C)C)C1=O. The second-order valence-electron chi connectivity index (χ2n) is 6.46. The number of amides is 1. The lowest BCUT2D eigenvalue weighted by Gasteiger charge is -2.30. The lowest BCUT2D eigenvalue weighted by atomic mass is 10.0. The van der Waals surface area contributed by atoms with Crippen LogP contribution in [0, 0.1) is 5.92 Å². The van der Waals surface area contributed by atoms with E-state index in [1.54, 1.807) is 11.3 Å². The van der Waals surface area contributed by atoms with Crippen molar-refractivity contribution in [2.24, 2.45) is 5.92 Å². The number of carbonyl (C=O) groups is 1. The van der Waals surface area contributed by atoms with Crippen molar-refractivity contribution in [2.45, 2.75) is 71.6 Å². The van der Waals surface area contributed by atoms with Crippen LogP contribution in [0.2, 0.25) is 0 Å². The van der Waals surface area contributed by atoms with E-state index in [4.69, 9.17) is 0 Å². The largest absolute Gasteiger partial charge is 0.318 e. The van der Waals surface area contributed by atoms with Crippen LogP contribution in [0.25, 0.3) is 0 Å². The topological polar surface area (TPSA) is 32.3 Å². The Kier molecular flexibility index (Phi) is 5.82. The van der Waals surface area contributed by atoms with Crippen LogP contribution < -0.4 is 5.32 Å². The lowest BCUT2D eigenvalue weighted by molar-refractivity contribution is -0.132. The summed E-state index contributed by atoms with van der Waals surface area (Å²) in [7, 11) is 0. The van der Waals surface area contributed by atoms with Gasteiger partial charge in [-0.15, -0.1) is 11.3 Å². The molecule has 1 saturated heterocycles. The van der Waals surface area contributed by atoms with Crippen LogP contribution in [-0.2, 0) is 4.79 Å². The molecule has 118 valence electrons. The predicted octanol–water partition coefficient (Wildman–Crippen LogP) is 4.17. The minimum Gasteiger partial charge on any atom is -0.318 e. The Bertz CT molecular complexity index is 444. The first kappa shape index (κ1) is 16.5. The Morgan fingerprint density at radius 2 is 2.10 bits per heavy atom. The van der Waals surface area contributed by atoms with Crippen LogP contribution >= 0.6 is 11.3 Å². The summed E-state index contributed by atoms with van der Waals surface area (Å²) in [4.78, 5) is 16.0. The van der Waals surface area contributed by atoms with E-state index >= 15 is 0 Å². The fraction of sp³-hybridized carbons (Fsp3) is 0.706. The molecule has 1 aliphatic heterocycles. The smallest absolute Gasteiger partial charge is 0.241 e. The van der Waals surface area contributed by atoms with Crippen LogP contribution in [0.1, 0.15) is 64.4 Å². The van der Waals surface area contributed by atoms with Crippen molar-refractivity contribution >= 4 is 17.2 Å². The Hall–Kier alpha value is -0.870. The van der Waals surface area contributed by atoms with E-state index in [1.807, 2.05) is 0 Å². The third-order valence-electron chi connectivity index (χ3n) is 4.29. The van der Waals surface area contributed by atoms with E-state index < -0.39 is 0 Å². The molecule has 3 unspecified atom stereocenters. The van der Waals surface area contributed by atoms with E-state index in [2.05, 4.69) is 55.4 Å². The summed E-state index contributed by atoms with van der Waals surface area (Å²) < 4.78 is 0. The molecule has 1 N–H and O–H groups in total. The molecule has 4 heteroatoms. The molecule has 2 heterocycles. The number of hydrogen-bond acceptors (Lipinski definition) is 3. The maximum absolute atomic E-state index is 12.6. The van der Waals surface area contributed by atoms with E-state index in [-0.39, 0.29) is 18.1 Å².